The van der Waals surface area contributed by atoms with E-state index in [1.807, 2.05) is 10.9 Å². The molecule has 1 aromatic rings. The summed E-state index contributed by atoms with van der Waals surface area (Å²) in [5.41, 5.74) is 1.31. The SMILES string of the molecule is CCCn1cc(CN[C@H](C)C2CCCC2)cn1. The molecule has 1 N–H and O–H groups in total. The highest BCUT2D eigenvalue weighted by molar-refractivity contribution is 5.03. The van der Waals surface area contributed by atoms with Crippen LogP contribution in [0.4, 0.5) is 0 Å². The summed E-state index contributed by atoms with van der Waals surface area (Å²) in [6.07, 6.45) is 11.0. The zero-order chi connectivity index (χ0) is 12.1. The normalized spacial score (nSPS) is 18.7. The minimum Gasteiger partial charge on any atom is -0.310 e. The van der Waals surface area contributed by atoms with Crippen LogP contribution in [0.3, 0.4) is 0 Å². The van der Waals surface area contributed by atoms with Crippen molar-refractivity contribution in [3.63, 3.8) is 0 Å². The average Bonchev–Trinajstić information content (AvgIpc) is 2.97. The maximum absolute atomic E-state index is 4.36. The van der Waals surface area contributed by atoms with Gasteiger partial charge in [-0.05, 0) is 32.1 Å². The third-order valence-electron chi connectivity index (χ3n) is 3.87. The Morgan fingerprint density at radius 2 is 2.24 bits per heavy atom. The fourth-order valence-electron chi connectivity index (χ4n) is 2.75. The Morgan fingerprint density at radius 3 is 2.94 bits per heavy atom. The van der Waals surface area contributed by atoms with Gasteiger partial charge >= 0.3 is 0 Å². The lowest BCUT2D eigenvalue weighted by atomic mass is 10.00. The van der Waals surface area contributed by atoms with Gasteiger partial charge in [0.15, 0.2) is 0 Å². The molecule has 3 nitrogen and oxygen atoms in total. The number of hydrogen-bond acceptors (Lipinski definition) is 2. The number of rotatable bonds is 6. The first kappa shape index (κ1) is 12.6. The van der Waals surface area contributed by atoms with Crippen molar-refractivity contribution in [2.45, 2.75) is 65.1 Å². The summed E-state index contributed by atoms with van der Waals surface area (Å²) in [6.45, 7) is 6.49. The minimum absolute atomic E-state index is 0.645. The second kappa shape index (κ2) is 6.20. The van der Waals surface area contributed by atoms with Gasteiger partial charge in [0.1, 0.15) is 0 Å². The molecule has 0 bridgehead atoms. The molecule has 0 unspecified atom stereocenters. The number of hydrogen-bond donors (Lipinski definition) is 1. The summed E-state index contributed by atoms with van der Waals surface area (Å²) in [7, 11) is 0. The molecule has 3 heteroatoms. The molecule has 2 rings (SSSR count). The standard InChI is InChI=1S/C14H25N3/c1-3-8-17-11-13(10-16-17)9-15-12(2)14-6-4-5-7-14/h10-12,14-15H,3-9H2,1-2H3/t12-/m1/s1. The molecule has 0 aromatic carbocycles. The molecular formula is C14H25N3. The summed E-state index contributed by atoms with van der Waals surface area (Å²) >= 11 is 0. The number of aromatic nitrogens is 2. The van der Waals surface area contributed by atoms with Gasteiger partial charge in [0.25, 0.3) is 0 Å². The van der Waals surface area contributed by atoms with Gasteiger partial charge in [-0.2, -0.15) is 5.10 Å². The highest BCUT2D eigenvalue weighted by Gasteiger charge is 2.20. The zero-order valence-electron chi connectivity index (χ0n) is 11.2. The summed E-state index contributed by atoms with van der Waals surface area (Å²) in [5.74, 6) is 0.890. The molecule has 17 heavy (non-hydrogen) atoms. The van der Waals surface area contributed by atoms with E-state index in [0.29, 0.717) is 6.04 Å². The molecule has 1 saturated carbocycles. The fraction of sp³-hybridized carbons (Fsp3) is 0.786. The second-order valence-electron chi connectivity index (χ2n) is 5.33. The van der Waals surface area contributed by atoms with Crippen molar-refractivity contribution in [2.75, 3.05) is 0 Å². The molecule has 1 aromatic heterocycles. The number of nitrogens with zero attached hydrogens (tertiary/aromatic N) is 2. The van der Waals surface area contributed by atoms with E-state index in [0.717, 1.165) is 25.4 Å². The van der Waals surface area contributed by atoms with Gasteiger partial charge in [-0.3, -0.25) is 4.68 Å². The van der Waals surface area contributed by atoms with Crippen LogP contribution in [0.25, 0.3) is 0 Å². The first-order valence-electron chi connectivity index (χ1n) is 7.04. The van der Waals surface area contributed by atoms with Crippen molar-refractivity contribution in [1.29, 1.82) is 0 Å². The number of nitrogens with one attached hydrogen (secondary N) is 1. The van der Waals surface area contributed by atoms with E-state index < -0.39 is 0 Å². The third-order valence-corrected chi connectivity index (χ3v) is 3.87. The van der Waals surface area contributed by atoms with Crippen LogP contribution in [0.2, 0.25) is 0 Å². The van der Waals surface area contributed by atoms with Gasteiger partial charge in [0, 0.05) is 30.9 Å². The Balaban J connectivity index is 1.76. The van der Waals surface area contributed by atoms with E-state index in [-0.39, 0.29) is 0 Å². The molecule has 96 valence electrons. The first-order chi connectivity index (χ1) is 8.29. The topological polar surface area (TPSA) is 29.9 Å². The molecular weight excluding hydrogens is 210 g/mol. The summed E-state index contributed by atoms with van der Waals surface area (Å²) in [5, 5.41) is 8.00. The monoisotopic (exact) mass is 235 g/mol. The smallest absolute Gasteiger partial charge is 0.0534 e. The molecule has 1 aliphatic rings. The molecule has 0 radical (unpaired) electrons. The van der Waals surface area contributed by atoms with Crippen molar-refractivity contribution in [3.05, 3.63) is 18.0 Å². The number of aryl methyl sites for hydroxylation is 1. The molecule has 0 aliphatic heterocycles. The third kappa shape index (κ3) is 3.56. The molecule has 1 atom stereocenters. The molecule has 1 aliphatic carbocycles. The van der Waals surface area contributed by atoms with E-state index in [1.54, 1.807) is 0 Å². The van der Waals surface area contributed by atoms with Crippen molar-refractivity contribution in [2.24, 2.45) is 5.92 Å². The predicted octanol–water partition coefficient (Wildman–Crippen LogP) is 2.96. The van der Waals surface area contributed by atoms with Crippen molar-refractivity contribution in [1.82, 2.24) is 15.1 Å². The predicted molar refractivity (Wildman–Crippen MR) is 70.8 cm³/mol. The highest BCUT2D eigenvalue weighted by atomic mass is 15.3. The lowest BCUT2D eigenvalue weighted by Gasteiger charge is -2.19. The fourth-order valence-corrected chi connectivity index (χ4v) is 2.75. The van der Waals surface area contributed by atoms with Crippen molar-refractivity contribution in [3.8, 4) is 0 Å². The Kier molecular flexibility index (Phi) is 4.60. The van der Waals surface area contributed by atoms with E-state index in [1.165, 1.54) is 31.2 Å². The van der Waals surface area contributed by atoms with Crippen LogP contribution in [0.5, 0.6) is 0 Å². The Morgan fingerprint density at radius 1 is 1.47 bits per heavy atom. The Bertz CT molecular complexity index is 326. The van der Waals surface area contributed by atoms with Gasteiger partial charge in [0.2, 0.25) is 0 Å². The molecule has 1 fully saturated rings. The minimum atomic E-state index is 0.645. The van der Waals surface area contributed by atoms with E-state index in [9.17, 15) is 0 Å². The average molecular weight is 235 g/mol. The molecule has 0 amide bonds. The highest BCUT2D eigenvalue weighted by Crippen LogP contribution is 2.27. The Labute approximate surface area is 105 Å². The maximum Gasteiger partial charge on any atom is 0.0534 e. The lowest BCUT2D eigenvalue weighted by molar-refractivity contribution is 0.380. The quantitative estimate of drug-likeness (QED) is 0.821. The molecule has 1 heterocycles. The van der Waals surface area contributed by atoms with Gasteiger partial charge in [0.05, 0.1) is 6.20 Å². The second-order valence-corrected chi connectivity index (χ2v) is 5.33. The van der Waals surface area contributed by atoms with Crippen LogP contribution >= 0.6 is 0 Å². The van der Waals surface area contributed by atoms with Crippen LogP contribution in [0, 0.1) is 5.92 Å². The van der Waals surface area contributed by atoms with Crippen LogP contribution in [-0.2, 0) is 13.1 Å². The van der Waals surface area contributed by atoms with Gasteiger partial charge in [-0.25, -0.2) is 0 Å². The summed E-state index contributed by atoms with van der Waals surface area (Å²) in [4.78, 5) is 0. The van der Waals surface area contributed by atoms with E-state index in [2.05, 4.69) is 30.5 Å². The van der Waals surface area contributed by atoms with E-state index in [4.69, 9.17) is 0 Å². The lowest BCUT2D eigenvalue weighted by Crippen LogP contribution is -2.31. The van der Waals surface area contributed by atoms with Crippen molar-refractivity contribution >= 4 is 0 Å². The first-order valence-corrected chi connectivity index (χ1v) is 7.04. The van der Waals surface area contributed by atoms with Gasteiger partial charge < -0.3 is 5.32 Å². The van der Waals surface area contributed by atoms with Crippen LogP contribution in [0.1, 0.15) is 51.5 Å². The molecule has 0 spiro atoms. The maximum atomic E-state index is 4.36. The van der Waals surface area contributed by atoms with Gasteiger partial charge in [-0.1, -0.05) is 19.8 Å². The van der Waals surface area contributed by atoms with Gasteiger partial charge in [-0.15, -0.1) is 0 Å². The zero-order valence-corrected chi connectivity index (χ0v) is 11.2. The summed E-state index contributed by atoms with van der Waals surface area (Å²) < 4.78 is 2.04. The largest absolute Gasteiger partial charge is 0.310 e. The summed E-state index contributed by atoms with van der Waals surface area (Å²) in [6, 6.07) is 0.645. The van der Waals surface area contributed by atoms with Crippen molar-refractivity contribution < 1.29 is 0 Å². The van der Waals surface area contributed by atoms with Crippen LogP contribution in [-0.4, -0.2) is 15.8 Å². The van der Waals surface area contributed by atoms with Crippen LogP contribution in [0.15, 0.2) is 12.4 Å². The Hall–Kier alpha value is -0.830. The van der Waals surface area contributed by atoms with Crippen LogP contribution < -0.4 is 5.32 Å². The molecule has 0 saturated heterocycles. The van der Waals surface area contributed by atoms with E-state index >= 15 is 0 Å².